The lowest BCUT2D eigenvalue weighted by Gasteiger charge is -2.11. The second-order valence-corrected chi connectivity index (χ2v) is 4.46. The molecule has 0 aliphatic heterocycles. The maximum Gasteiger partial charge on any atom is 0.0723 e. The van der Waals surface area contributed by atoms with Crippen LogP contribution < -0.4 is 11.5 Å². The van der Waals surface area contributed by atoms with Crippen LogP contribution in [-0.2, 0) is 0 Å². The minimum Gasteiger partial charge on any atom is -0.398 e. The van der Waals surface area contributed by atoms with Gasteiger partial charge in [-0.15, -0.1) is 0 Å². The fourth-order valence-electron chi connectivity index (χ4n) is 2.12. The van der Waals surface area contributed by atoms with Crippen LogP contribution in [0.5, 0.6) is 0 Å². The molecule has 2 heterocycles. The van der Waals surface area contributed by atoms with Gasteiger partial charge in [-0.3, -0.25) is 9.97 Å². The number of aromatic nitrogens is 2. The van der Waals surface area contributed by atoms with E-state index in [9.17, 15) is 0 Å². The van der Waals surface area contributed by atoms with Crippen molar-refractivity contribution in [3.05, 3.63) is 60.9 Å². The van der Waals surface area contributed by atoms with Crippen LogP contribution in [0.4, 0.5) is 11.4 Å². The first kappa shape index (κ1) is 12.2. The van der Waals surface area contributed by atoms with Crippen molar-refractivity contribution >= 4 is 11.4 Å². The van der Waals surface area contributed by atoms with Gasteiger partial charge >= 0.3 is 0 Å². The van der Waals surface area contributed by atoms with E-state index >= 15 is 0 Å². The lowest BCUT2D eigenvalue weighted by molar-refractivity contribution is 1.31. The molecule has 0 fully saturated rings. The third-order valence-electron chi connectivity index (χ3n) is 3.10. The summed E-state index contributed by atoms with van der Waals surface area (Å²) in [6.07, 6.45) is 3.47. The molecule has 0 saturated heterocycles. The minimum absolute atomic E-state index is 0.638. The Bertz CT molecular complexity index is 659. The van der Waals surface area contributed by atoms with Crippen molar-refractivity contribution in [1.82, 2.24) is 9.97 Å². The fraction of sp³-hybridized carbons (Fsp3) is 0. The fourth-order valence-corrected chi connectivity index (χ4v) is 2.12. The molecule has 0 radical (unpaired) electrons. The Labute approximate surface area is 117 Å². The highest BCUT2D eigenvalue weighted by Gasteiger charge is 2.10. The normalized spacial score (nSPS) is 10.4. The molecule has 4 nitrogen and oxygen atoms in total. The van der Waals surface area contributed by atoms with E-state index in [1.807, 2.05) is 48.5 Å². The van der Waals surface area contributed by atoms with E-state index in [4.69, 9.17) is 11.5 Å². The summed E-state index contributed by atoms with van der Waals surface area (Å²) in [6.45, 7) is 0. The van der Waals surface area contributed by atoms with Gasteiger partial charge in [0.05, 0.1) is 11.4 Å². The van der Waals surface area contributed by atoms with Gasteiger partial charge in [0.2, 0.25) is 0 Å². The van der Waals surface area contributed by atoms with Crippen molar-refractivity contribution in [2.75, 3.05) is 11.5 Å². The molecule has 0 atom stereocenters. The topological polar surface area (TPSA) is 77.8 Å². The molecule has 4 N–H and O–H groups in total. The minimum atomic E-state index is 0.638. The number of hydrogen-bond donors (Lipinski definition) is 2. The van der Waals surface area contributed by atoms with Crippen molar-refractivity contribution in [1.29, 1.82) is 0 Å². The monoisotopic (exact) mass is 262 g/mol. The molecule has 4 heteroatoms. The molecule has 0 bridgehead atoms. The average Bonchev–Trinajstić information content (AvgIpc) is 2.51. The predicted octanol–water partition coefficient (Wildman–Crippen LogP) is 2.98. The van der Waals surface area contributed by atoms with Crippen molar-refractivity contribution in [2.45, 2.75) is 0 Å². The third kappa shape index (κ3) is 2.19. The molecule has 0 amide bonds. The van der Waals surface area contributed by atoms with Crippen LogP contribution in [-0.4, -0.2) is 9.97 Å². The summed E-state index contributed by atoms with van der Waals surface area (Å²) < 4.78 is 0. The van der Waals surface area contributed by atoms with Crippen LogP contribution in [0.25, 0.3) is 22.5 Å². The van der Waals surface area contributed by atoms with Crippen molar-refractivity contribution in [2.24, 2.45) is 0 Å². The number of rotatable bonds is 2. The maximum absolute atomic E-state index is 6.14. The number of benzene rings is 1. The first-order chi connectivity index (χ1) is 9.75. The summed E-state index contributed by atoms with van der Waals surface area (Å²) in [5, 5.41) is 0. The first-order valence-corrected chi connectivity index (χ1v) is 6.27. The van der Waals surface area contributed by atoms with E-state index in [0.717, 1.165) is 22.5 Å². The second-order valence-electron chi connectivity index (χ2n) is 4.46. The van der Waals surface area contributed by atoms with Crippen LogP contribution in [0.1, 0.15) is 0 Å². The molecule has 0 aliphatic rings. The van der Waals surface area contributed by atoms with Gasteiger partial charge in [-0.25, -0.2) is 0 Å². The van der Waals surface area contributed by atoms with Crippen molar-refractivity contribution < 1.29 is 0 Å². The smallest absolute Gasteiger partial charge is 0.0723 e. The summed E-state index contributed by atoms with van der Waals surface area (Å²) in [7, 11) is 0. The zero-order chi connectivity index (χ0) is 13.9. The molecule has 3 aromatic rings. The van der Waals surface area contributed by atoms with Gasteiger partial charge in [0.1, 0.15) is 0 Å². The van der Waals surface area contributed by atoms with Gasteiger partial charge in [-0.05, 0) is 36.4 Å². The SMILES string of the molecule is Nc1cc(-c2ccccn2)c(N)cc1-c1ccccn1. The molecular formula is C16H14N4. The highest BCUT2D eigenvalue weighted by atomic mass is 14.7. The zero-order valence-electron chi connectivity index (χ0n) is 10.8. The van der Waals surface area contributed by atoms with Gasteiger partial charge in [0.15, 0.2) is 0 Å². The number of anilines is 2. The molecule has 3 rings (SSSR count). The molecule has 1 aromatic carbocycles. The van der Waals surface area contributed by atoms with Crippen LogP contribution in [0.3, 0.4) is 0 Å². The molecule has 0 saturated carbocycles. The Hall–Kier alpha value is -2.88. The van der Waals surface area contributed by atoms with Crippen LogP contribution in [0, 0.1) is 0 Å². The standard InChI is InChI=1S/C16H14N4/c17-13-10-12(16-6-2-4-8-20-16)14(18)9-11(13)15-5-1-3-7-19-15/h1-10H,17-18H2. The Morgan fingerprint density at radius 3 is 1.45 bits per heavy atom. The van der Waals surface area contributed by atoms with Crippen LogP contribution >= 0.6 is 0 Å². The Morgan fingerprint density at radius 2 is 1.10 bits per heavy atom. The predicted molar refractivity (Wildman–Crippen MR) is 81.7 cm³/mol. The lowest BCUT2D eigenvalue weighted by atomic mass is 10.0. The maximum atomic E-state index is 6.14. The Morgan fingerprint density at radius 1 is 0.650 bits per heavy atom. The number of nitrogens with zero attached hydrogens (tertiary/aromatic N) is 2. The molecule has 0 spiro atoms. The largest absolute Gasteiger partial charge is 0.398 e. The third-order valence-corrected chi connectivity index (χ3v) is 3.10. The van der Waals surface area contributed by atoms with Crippen molar-refractivity contribution in [3.8, 4) is 22.5 Å². The summed E-state index contributed by atoms with van der Waals surface area (Å²) in [5.41, 5.74) is 16.8. The second kappa shape index (κ2) is 5.01. The van der Waals surface area contributed by atoms with Crippen LogP contribution in [0.15, 0.2) is 60.9 Å². The lowest BCUT2D eigenvalue weighted by Crippen LogP contribution is -1.98. The average molecular weight is 262 g/mol. The van der Waals surface area contributed by atoms with E-state index in [2.05, 4.69) is 9.97 Å². The number of nitrogen functional groups attached to an aromatic ring is 2. The van der Waals surface area contributed by atoms with Gasteiger partial charge in [0, 0.05) is 34.9 Å². The summed E-state index contributed by atoms with van der Waals surface area (Å²) >= 11 is 0. The number of hydrogen-bond acceptors (Lipinski definition) is 4. The summed E-state index contributed by atoms with van der Waals surface area (Å²) in [5.74, 6) is 0. The Balaban J connectivity index is 2.13. The van der Waals surface area contributed by atoms with Gasteiger partial charge < -0.3 is 11.5 Å². The molecule has 98 valence electrons. The van der Waals surface area contributed by atoms with E-state index in [0.29, 0.717) is 11.4 Å². The van der Waals surface area contributed by atoms with E-state index in [1.165, 1.54) is 0 Å². The van der Waals surface area contributed by atoms with Gasteiger partial charge in [-0.1, -0.05) is 12.1 Å². The first-order valence-electron chi connectivity index (χ1n) is 6.27. The van der Waals surface area contributed by atoms with E-state index in [1.54, 1.807) is 12.4 Å². The highest BCUT2D eigenvalue weighted by Crippen LogP contribution is 2.33. The molecule has 0 aliphatic carbocycles. The quantitative estimate of drug-likeness (QED) is 0.696. The van der Waals surface area contributed by atoms with Gasteiger partial charge in [-0.2, -0.15) is 0 Å². The van der Waals surface area contributed by atoms with Crippen molar-refractivity contribution in [3.63, 3.8) is 0 Å². The molecular weight excluding hydrogens is 248 g/mol. The van der Waals surface area contributed by atoms with E-state index < -0.39 is 0 Å². The van der Waals surface area contributed by atoms with Crippen LogP contribution in [0.2, 0.25) is 0 Å². The molecule has 0 unspecified atom stereocenters. The number of nitrogens with two attached hydrogens (primary N) is 2. The summed E-state index contributed by atoms with van der Waals surface area (Å²) in [6, 6.07) is 15.1. The van der Waals surface area contributed by atoms with Gasteiger partial charge in [0.25, 0.3) is 0 Å². The Kier molecular flexibility index (Phi) is 3.05. The summed E-state index contributed by atoms with van der Waals surface area (Å²) in [4.78, 5) is 8.60. The zero-order valence-corrected chi connectivity index (χ0v) is 10.8. The highest BCUT2D eigenvalue weighted by molar-refractivity contribution is 5.86. The molecule has 2 aromatic heterocycles. The molecule has 20 heavy (non-hydrogen) atoms. The number of pyridine rings is 2. The van der Waals surface area contributed by atoms with E-state index in [-0.39, 0.29) is 0 Å².